The van der Waals surface area contributed by atoms with Crippen molar-refractivity contribution in [1.82, 2.24) is 5.32 Å². The van der Waals surface area contributed by atoms with Crippen LogP contribution in [0.3, 0.4) is 0 Å². The molecule has 122 valence electrons. The number of amides is 2. The van der Waals surface area contributed by atoms with Crippen molar-refractivity contribution in [2.45, 2.75) is 25.8 Å². The molecule has 2 aliphatic rings. The number of rotatable bonds is 5. The number of nitro benzene ring substituents is 1. The highest BCUT2D eigenvalue weighted by molar-refractivity contribution is 6.02. The van der Waals surface area contributed by atoms with Crippen molar-refractivity contribution in [3.8, 4) is 5.75 Å². The Morgan fingerprint density at radius 2 is 2.26 bits per heavy atom. The molecule has 1 aliphatic carbocycles. The second-order valence-corrected chi connectivity index (χ2v) is 5.87. The van der Waals surface area contributed by atoms with Crippen LogP contribution >= 0.6 is 0 Å². The van der Waals surface area contributed by atoms with Gasteiger partial charge >= 0.3 is 0 Å². The number of ether oxygens (including phenoxy) is 1. The number of benzene rings is 1. The molecule has 3 rings (SSSR count). The minimum Gasteiger partial charge on any atom is -0.482 e. The first kappa shape index (κ1) is 15.3. The molecule has 1 atom stereocenters. The van der Waals surface area contributed by atoms with Crippen molar-refractivity contribution in [3.63, 3.8) is 0 Å². The lowest BCUT2D eigenvalue weighted by molar-refractivity contribution is -0.384. The van der Waals surface area contributed by atoms with Gasteiger partial charge in [-0.1, -0.05) is 0 Å². The van der Waals surface area contributed by atoms with Crippen LogP contribution in [0.5, 0.6) is 5.75 Å². The van der Waals surface area contributed by atoms with Crippen LogP contribution in [0.15, 0.2) is 18.2 Å². The summed E-state index contributed by atoms with van der Waals surface area (Å²) < 4.78 is 5.27. The molecule has 0 radical (unpaired) electrons. The van der Waals surface area contributed by atoms with Gasteiger partial charge in [0, 0.05) is 18.2 Å². The molecule has 1 aromatic rings. The summed E-state index contributed by atoms with van der Waals surface area (Å²) in [7, 11) is 0. The molecule has 2 amide bonds. The Morgan fingerprint density at radius 1 is 1.52 bits per heavy atom. The summed E-state index contributed by atoms with van der Waals surface area (Å²) in [4.78, 5) is 35.8. The summed E-state index contributed by atoms with van der Waals surface area (Å²) in [6.07, 6.45) is 2.21. The van der Waals surface area contributed by atoms with E-state index in [0.29, 0.717) is 11.7 Å². The van der Waals surface area contributed by atoms with Gasteiger partial charge in [-0.3, -0.25) is 24.6 Å². The average molecular weight is 319 g/mol. The van der Waals surface area contributed by atoms with Crippen molar-refractivity contribution in [3.05, 3.63) is 28.3 Å². The molecule has 0 saturated heterocycles. The third kappa shape index (κ3) is 3.25. The monoisotopic (exact) mass is 319 g/mol. The number of nitro groups is 1. The minimum atomic E-state index is -0.549. The maximum absolute atomic E-state index is 12.1. The van der Waals surface area contributed by atoms with E-state index in [1.807, 2.05) is 6.92 Å². The zero-order valence-electron chi connectivity index (χ0n) is 12.7. The molecular formula is C15H17N3O5. The highest BCUT2D eigenvalue weighted by Crippen LogP contribution is 2.35. The Labute approximate surface area is 132 Å². The van der Waals surface area contributed by atoms with E-state index < -0.39 is 10.8 Å². The Hall–Kier alpha value is -2.64. The van der Waals surface area contributed by atoms with Gasteiger partial charge in [0.05, 0.1) is 10.6 Å². The van der Waals surface area contributed by atoms with Gasteiger partial charge in [-0.2, -0.15) is 0 Å². The van der Waals surface area contributed by atoms with Crippen LogP contribution in [-0.2, 0) is 9.59 Å². The number of hydrogen-bond donors (Lipinski definition) is 1. The number of anilines is 1. The smallest absolute Gasteiger partial charge is 0.271 e. The lowest BCUT2D eigenvalue weighted by Crippen LogP contribution is -2.47. The molecule has 0 spiro atoms. The quantitative estimate of drug-likeness (QED) is 0.650. The topological polar surface area (TPSA) is 102 Å². The molecule has 1 fully saturated rings. The SMILES string of the molecule is CC(NC(=O)CN1C(=O)COc2ccc([N+](=O)[O-])cc21)C1CC1. The zero-order chi connectivity index (χ0) is 16.6. The highest BCUT2D eigenvalue weighted by atomic mass is 16.6. The normalized spacial score (nSPS) is 18.0. The van der Waals surface area contributed by atoms with Crippen LogP contribution in [0, 0.1) is 16.0 Å². The number of nitrogens with one attached hydrogen (secondary N) is 1. The lowest BCUT2D eigenvalue weighted by Gasteiger charge is -2.29. The Morgan fingerprint density at radius 3 is 2.91 bits per heavy atom. The Bertz CT molecular complexity index is 671. The molecule has 23 heavy (non-hydrogen) atoms. The summed E-state index contributed by atoms with van der Waals surface area (Å²) in [6.45, 7) is 1.58. The fraction of sp³-hybridized carbons (Fsp3) is 0.467. The lowest BCUT2D eigenvalue weighted by atomic mass is 10.2. The van der Waals surface area contributed by atoms with Crippen molar-refractivity contribution < 1.29 is 19.2 Å². The Kier molecular flexibility index (Phi) is 3.89. The minimum absolute atomic E-state index is 0.0724. The van der Waals surface area contributed by atoms with Gasteiger partial charge in [0.25, 0.3) is 11.6 Å². The van der Waals surface area contributed by atoms with Crippen molar-refractivity contribution >= 4 is 23.2 Å². The van der Waals surface area contributed by atoms with Gasteiger partial charge in [0.1, 0.15) is 12.3 Å². The third-order valence-corrected chi connectivity index (χ3v) is 4.12. The second kappa shape index (κ2) is 5.86. The predicted molar refractivity (Wildman–Crippen MR) is 81.3 cm³/mol. The van der Waals surface area contributed by atoms with Gasteiger partial charge < -0.3 is 10.1 Å². The van der Waals surface area contributed by atoms with Crippen LogP contribution in [-0.4, -0.2) is 35.9 Å². The number of carbonyl (C=O) groups excluding carboxylic acids is 2. The van der Waals surface area contributed by atoms with E-state index in [0.717, 1.165) is 12.8 Å². The molecule has 0 aromatic heterocycles. The van der Waals surface area contributed by atoms with Crippen LogP contribution in [0.25, 0.3) is 0 Å². The van der Waals surface area contributed by atoms with E-state index in [2.05, 4.69) is 5.32 Å². The average Bonchev–Trinajstić information content (AvgIpc) is 3.34. The summed E-state index contributed by atoms with van der Waals surface area (Å²) >= 11 is 0. The van der Waals surface area contributed by atoms with E-state index >= 15 is 0 Å². The first-order chi connectivity index (χ1) is 11.0. The zero-order valence-corrected chi connectivity index (χ0v) is 12.7. The van der Waals surface area contributed by atoms with Crippen LogP contribution in [0.2, 0.25) is 0 Å². The fourth-order valence-corrected chi connectivity index (χ4v) is 2.63. The molecule has 8 nitrogen and oxygen atoms in total. The van der Waals surface area contributed by atoms with Crippen LogP contribution in [0.4, 0.5) is 11.4 Å². The molecule has 1 N–H and O–H groups in total. The van der Waals surface area contributed by atoms with E-state index in [1.54, 1.807) is 0 Å². The van der Waals surface area contributed by atoms with Crippen molar-refractivity contribution in [1.29, 1.82) is 0 Å². The Balaban J connectivity index is 1.78. The molecule has 1 aromatic carbocycles. The molecule has 1 heterocycles. The van der Waals surface area contributed by atoms with E-state index in [4.69, 9.17) is 4.74 Å². The second-order valence-electron chi connectivity index (χ2n) is 5.87. The number of non-ortho nitro benzene ring substituents is 1. The summed E-state index contributed by atoms with van der Waals surface area (Å²) in [5.74, 6) is 0.190. The number of carbonyl (C=O) groups is 2. The van der Waals surface area contributed by atoms with Crippen LogP contribution < -0.4 is 15.0 Å². The summed E-state index contributed by atoms with van der Waals surface area (Å²) in [5, 5.41) is 13.8. The fourth-order valence-electron chi connectivity index (χ4n) is 2.63. The summed E-state index contributed by atoms with van der Waals surface area (Å²) in [6, 6.07) is 4.08. The molecule has 0 bridgehead atoms. The molecule has 1 saturated carbocycles. The third-order valence-electron chi connectivity index (χ3n) is 4.12. The number of fused-ring (bicyclic) bond motifs is 1. The number of hydrogen-bond acceptors (Lipinski definition) is 5. The maximum Gasteiger partial charge on any atom is 0.271 e. The van der Waals surface area contributed by atoms with E-state index in [9.17, 15) is 19.7 Å². The van der Waals surface area contributed by atoms with Gasteiger partial charge in [0.2, 0.25) is 5.91 Å². The largest absolute Gasteiger partial charge is 0.482 e. The van der Waals surface area contributed by atoms with Gasteiger partial charge in [-0.15, -0.1) is 0 Å². The molecule has 1 aliphatic heterocycles. The first-order valence-electron chi connectivity index (χ1n) is 7.46. The van der Waals surface area contributed by atoms with Crippen LogP contribution in [0.1, 0.15) is 19.8 Å². The number of nitrogens with zero attached hydrogens (tertiary/aromatic N) is 2. The predicted octanol–water partition coefficient (Wildman–Crippen LogP) is 1.23. The highest BCUT2D eigenvalue weighted by Gasteiger charge is 2.32. The van der Waals surface area contributed by atoms with Gasteiger partial charge in [0.15, 0.2) is 6.61 Å². The van der Waals surface area contributed by atoms with E-state index in [-0.39, 0.29) is 36.5 Å². The van der Waals surface area contributed by atoms with Gasteiger partial charge in [-0.25, -0.2) is 0 Å². The molecular weight excluding hydrogens is 302 g/mol. The summed E-state index contributed by atoms with van der Waals surface area (Å²) in [5.41, 5.74) is 0.100. The molecule has 8 heteroatoms. The van der Waals surface area contributed by atoms with Crippen molar-refractivity contribution in [2.24, 2.45) is 5.92 Å². The van der Waals surface area contributed by atoms with Gasteiger partial charge in [-0.05, 0) is 31.7 Å². The first-order valence-corrected chi connectivity index (χ1v) is 7.46. The van der Waals surface area contributed by atoms with E-state index in [1.165, 1.54) is 23.1 Å². The maximum atomic E-state index is 12.1. The van der Waals surface area contributed by atoms with Crippen molar-refractivity contribution in [2.75, 3.05) is 18.1 Å². The molecule has 1 unspecified atom stereocenters. The standard InChI is InChI=1S/C15H17N3O5/c1-9(10-2-3-10)16-14(19)7-17-12-6-11(18(21)22)4-5-13(12)23-8-15(17)20/h4-6,9-10H,2-3,7-8H2,1H3,(H,16,19).